The van der Waals surface area contributed by atoms with E-state index in [1.807, 2.05) is 45.5 Å². The quantitative estimate of drug-likeness (QED) is 0.511. The van der Waals surface area contributed by atoms with Gasteiger partial charge in [0.25, 0.3) is 5.91 Å². The van der Waals surface area contributed by atoms with Gasteiger partial charge in [-0.1, -0.05) is 0 Å². The van der Waals surface area contributed by atoms with Gasteiger partial charge in [-0.25, -0.2) is 0 Å². The first-order valence-corrected chi connectivity index (χ1v) is 9.70. The van der Waals surface area contributed by atoms with E-state index in [2.05, 4.69) is 20.4 Å². The van der Waals surface area contributed by atoms with Crippen molar-refractivity contribution in [1.29, 1.82) is 0 Å². The summed E-state index contributed by atoms with van der Waals surface area (Å²) in [5, 5.41) is 25.5. The van der Waals surface area contributed by atoms with Crippen LogP contribution in [0.4, 0.5) is 5.82 Å². The predicted molar refractivity (Wildman–Crippen MR) is 103 cm³/mol. The summed E-state index contributed by atoms with van der Waals surface area (Å²) in [6, 6.07) is 5.78. The highest BCUT2D eigenvalue weighted by Crippen LogP contribution is 2.22. The Hall–Kier alpha value is -3.34. The molecule has 4 aromatic heterocycles. The molecule has 142 valence electrons. The Morgan fingerprint density at radius 1 is 1.11 bits per heavy atom. The Bertz CT molecular complexity index is 1160. The van der Waals surface area contributed by atoms with E-state index in [0.717, 1.165) is 17.2 Å². The van der Waals surface area contributed by atoms with Crippen molar-refractivity contribution in [1.82, 2.24) is 39.5 Å². The van der Waals surface area contributed by atoms with Crippen LogP contribution in [0.5, 0.6) is 0 Å². The second-order valence-corrected chi connectivity index (χ2v) is 7.45. The molecule has 0 fully saturated rings. The molecule has 0 N–H and O–H groups in total. The number of carbonyl (C=O) groups is 1. The van der Waals surface area contributed by atoms with Crippen LogP contribution in [0.2, 0.25) is 0 Å². The maximum absolute atomic E-state index is 12.2. The second kappa shape index (κ2) is 6.37. The fourth-order valence-corrected chi connectivity index (χ4v) is 3.85. The summed E-state index contributed by atoms with van der Waals surface area (Å²) in [5.74, 6) is 2.49. The topological polar surface area (TPSA) is 97.3 Å². The molecule has 0 radical (unpaired) electrons. The van der Waals surface area contributed by atoms with Gasteiger partial charge in [0.15, 0.2) is 17.3 Å². The van der Waals surface area contributed by atoms with Crippen molar-refractivity contribution < 1.29 is 4.79 Å². The number of rotatable bonds is 4. The van der Waals surface area contributed by atoms with Crippen LogP contribution in [0.15, 0.2) is 29.0 Å². The standard InChI is InChI=1S/C17H17N9OS/c1-23-6-7-25-14(19-21-16(25)17(23)27)9-24(2)13-4-3-12-18-20-15(26(12)22-13)11-5-8-28-10-11/h3-5,8,10H,6-7,9H2,1-2H3. The molecule has 10 nitrogen and oxygen atoms in total. The molecule has 4 aromatic rings. The molecular formula is C17H17N9OS. The SMILES string of the molecule is CN1CCn2c(CN(C)c3ccc4nnc(-c5ccsc5)n4n3)nnc2C1=O. The summed E-state index contributed by atoms with van der Waals surface area (Å²) in [6.45, 7) is 1.82. The predicted octanol–water partition coefficient (Wildman–Crippen LogP) is 1.17. The van der Waals surface area contributed by atoms with Crippen LogP contribution >= 0.6 is 11.3 Å². The molecule has 0 unspecified atom stereocenters. The molecule has 28 heavy (non-hydrogen) atoms. The average Bonchev–Trinajstić information content (AvgIpc) is 3.43. The molecule has 0 saturated heterocycles. The van der Waals surface area contributed by atoms with Crippen molar-refractivity contribution in [2.45, 2.75) is 13.1 Å². The third kappa shape index (κ3) is 2.62. The van der Waals surface area contributed by atoms with Crippen molar-refractivity contribution in [3.63, 3.8) is 0 Å². The maximum Gasteiger partial charge on any atom is 0.291 e. The number of fused-ring (bicyclic) bond motifs is 2. The molecule has 1 aliphatic rings. The van der Waals surface area contributed by atoms with Gasteiger partial charge in [-0.3, -0.25) is 4.79 Å². The Morgan fingerprint density at radius 3 is 2.79 bits per heavy atom. The van der Waals surface area contributed by atoms with E-state index in [1.54, 1.807) is 27.8 Å². The number of amides is 1. The monoisotopic (exact) mass is 395 g/mol. The van der Waals surface area contributed by atoms with Crippen LogP contribution < -0.4 is 4.90 Å². The number of thiophene rings is 1. The average molecular weight is 395 g/mol. The molecule has 5 heterocycles. The van der Waals surface area contributed by atoms with Crippen molar-refractivity contribution in [2.75, 3.05) is 25.5 Å². The minimum absolute atomic E-state index is 0.0999. The Labute approximate surface area is 164 Å². The van der Waals surface area contributed by atoms with Crippen LogP contribution in [0.1, 0.15) is 16.4 Å². The molecule has 1 aliphatic heterocycles. The van der Waals surface area contributed by atoms with Gasteiger partial charge in [0.05, 0.1) is 6.54 Å². The number of hydrogen-bond donors (Lipinski definition) is 0. The molecule has 0 saturated carbocycles. The van der Waals surface area contributed by atoms with Gasteiger partial charge >= 0.3 is 0 Å². The highest BCUT2D eigenvalue weighted by molar-refractivity contribution is 7.08. The van der Waals surface area contributed by atoms with E-state index >= 15 is 0 Å². The van der Waals surface area contributed by atoms with E-state index in [1.165, 1.54) is 0 Å². The number of carbonyl (C=O) groups excluding carboxylic acids is 1. The zero-order valence-electron chi connectivity index (χ0n) is 15.3. The van der Waals surface area contributed by atoms with Crippen molar-refractivity contribution in [3.8, 4) is 11.4 Å². The van der Waals surface area contributed by atoms with E-state index in [9.17, 15) is 4.79 Å². The summed E-state index contributed by atoms with van der Waals surface area (Å²) < 4.78 is 3.62. The summed E-state index contributed by atoms with van der Waals surface area (Å²) >= 11 is 1.60. The minimum atomic E-state index is -0.0999. The summed E-state index contributed by atoms with van der Waals surface area (Å²) in [6.07, 6.45) is 0. The molecule has 1 amide bonds. The highest BCUT2D eigenvalue weighted by Gasteiger charge is 2.27. The summed E-state index contributed by atoms with van der Waals surface area (Å²) in [4.78, 5) is 15.8. The number of nitrogens with zero attached hydrogens (tertiary/aromatic N) is 9. The molecular weight excluding hydrogens is 378 g/mol. The van der Waals surface area contributed by atoms with E-state index in [0.29, 0.717) is 36.9 Å². The number of aromatic nitrogens is 7. The lowest BCUT2D eigenvalue weighted by molar-refractivity contribution is 0.0740. The Kier molecular flexibility index (Phi) is 3.83. The van der Waals surface area contributed by atoms with Crippen LogP contribution in [0, 0.1) is 0 Å². The largest absolute Gasteiger partial charge is 0.351 e. The molecule has 0 bridgehead atoms. The van der Waals surface area contributed by atoms with Gasteiger partial charge in [-0.2, -0.15) is 15.9 Å². The summed E-state index contributed by atoms with van der Waals surface area (Å²) in [7, 11) is 3.71. The molecule has 0 spiro atoms. The highest BCUT2D eigenvalue weighted by atomic mass is 32.1. The zero-order valence-corrected chi connectivity index (χ0v) is 16.2. The van der Waals surface area contributed by atoms with Crippen molar-refractivity contribution >= 4 is 28.7 Å². The molecule has 0 aliphatic carbocycles. The van der Waals surface area contributed by atoms with E-state index in [-0.39, 0.29) is 5.91 Å². The molecule has 0 atom stereocenters. The normalized spacial score (nSPS) is 13.9. The fraction of sp³-hybridized carbons (Fsp3) is 0.294. The maximum atomic E-state index is 12.2. The lowest BCUT2D eigenvalue weighted by atomic mass is 10.3. The van der Waals surface area contributed by atoms with Gasteiger partial charge in [-0.15, -0.1) is 25.5 Å². The molecule has 11 heteroatoms. The molecule has 5 rings (SSSR count). The second-order valence-electron chi connectivity index (χ2n) is 6.67. The van der Waals surface area contributed by atoms with Crippen LogP contribution in [-0.4, -0.2) is 66.0 Å². The number of likely N-dealkylation sites (N-methyl/N-ethyl adjacent to an activating group) is 1. The summed E-state index contributed by atoms with van der Waals surface area (Å²) in [5.41, 5.74) is 1.67. The first-order valence-electron chi connectivity index (χ1n) is 8.75. The van der Waals surface area contributed by atoms with Gasteiger partial charge in [0.2, 0.25) is 5.82 Å². The van der Waals surface area contributed by atoms with Crippen molar-refractivity contribution in [2.24, 2.45) is 0 Å². The first kappa shape index (κ1) is 16.8. The van der Waals surface area contributed by atoms with Crippen LogP contribution in [0.25, 0.3) is 17.0 Å². The third-order valence-corrected chi connectivity index (χ3v) is 5.51. The van der Waals surface area contributed by atoms with Crippen molar-refractivity contribution in [3.05, 3.63) is 40.6 Å². The Balaban J connectivity index is 1.46. The smallest absolute Gasteiger partial charge is 0.291 e. The van der Waals surface area contributed by atoms with Crippen LogP contribution in [-0.2, 0) is 13.1 Å². The lowest BCUT2D eigenvalue weighted by Gasteiger charge is -2.24. The first-order chi connectivity index (χ1) is 13.6. The lowest BCUT2D eigenvalue weighted by Crippen LogP contribution is -2.38. The van der Waals surface area contributed by atoms with Gasteiger partial charge in [0.1, 0.15) is 5.82 Å². The van der Waals surface area contributed by atoms with Gasteiger partial charge in [0, 0.05) is 38.1 Å². The van der Waals surface area contributed by atoms with Crippen LogP contribution in [0.3, 0.4) is 0 Å². The van der Waals surface area contributed by atoms with E-state index in [4.69, 9.17) is 5.10 Å². The molecule has 0 aromatic carbocycles. The number of hydrogen-bond acceptors (Lipinski definition) is 8. The number of anilines is 1. The zero-order chi connectivity index (χ0) is 19.3. The third-order valence-electron chi connectivity index (χ3n) is 4.82. The van der Waals surface area contributed by atoms with Gasteiger partial charge in [-0.05, 0) is 23.6 Å². The fourth-order valence-electron chi connectivity index (χ4n) is 3.22. The van der Waals surface area contributed by atoms with Gasteiger partial charge < -0.3 is 14.4 Å². The van der Waals surface area contributed by atoms with E-state index < -0.39 is 0 Å². The minimum Gasteiger partial charge on any atom is -0.351 e. The Morgan fingerprint density at radius 2 is 1.96 bits per heavy atom.